The van der Waals surface area contributed by atoms with E-state index in [0.717, 1.165) is 0 Å². The van der Waals surface area contributed by atoms with E-state index in [2.05, 4.69) is 33.2 Å². The third-order valence-electron chi connectivity index (χ3n) is 3.17. The third kappa shape index (κ3) is 6.81. The van der Waals surface area contributed by atoms with Gasteiger partial charge in [-0.15, -0.1) is 0 Å². The molecule has 0 unspecified atom stereocenters. The van der Waals surface area contributed by atoms with E-state index < -0.39 is 48.2 Å². The van der Waals surface area contributed by atoms with Crippen molar-refractivity contribution in [3.63, 3.8) is 0 Å². The van der Waals surface area contributed by atoms with Crippen molar-refractivity contribution in [2.45, 2.75) is 31.0 Å². The molecule has 0 fully saturated rings. The Morgan fingerprint density at radius 2 is 1.88 bits per heavy atom. The summed E-state index contributed by atoms with van der Waals surface area (Å²) in [5, 5.41) is 13.7. The maximum atomic E-state index is 12.4. The summed E-state index contributed by atoms with van der Waals surface area (Å²) in [5.41, 5.74) is 11.1. The zero-order chi connectivity index (χ0) is 19.0. The van der Waals surface area contributed by atoms with Crippen LogP contribution in [0.1, 0.15) is 12.1 Å². The fourth-order valence-corrected chi connectivity index (χ4v) is 2.03. The molecule has 1 aromatic rings. The molecule has 1 rings (SSSR count). The Bertz CT molecular complexity index is 622. The molecule has 0 aromatic carbocycles. The van der Waals surface area contributed by atoms with Gasteiger partial charge >= 0.3 is 5.97 Å². The number of primary amides is 1. The molecule has 0 aliphatic heterocycles. The number of aliphatic carboxylic acids is 1. The van der Waals surface area contributed by atoms with E-state index in [-0.39, 0.29) is 12.2 Å². The highest BCUT2D eigenvalue weighted by Crippen LogP contribution is 2.02. The van der Waals surface area contributed by atoms with E-state index in [4.69, 9.17) is 16.6 Å². The van der Waals surface area contributed by atoms with Crippen LogP contribution in [-0.4, -0.2) is 62.6 Å². The van der Waals surface area contributed by atoms with E-state index in [0.29, 0.717) is 5.69 Å². The molecule has 0 radical (unpaired) electrons. The fraction of sp³-hybridized carbons (Fsp3) is 0.462. The van der Waals surface area contributed by atoms with Gasteiger partial charge < -0.3 is 32.2 Å². The van der Waals surface area contributed by atoms with Crippen LogP contribution in [0, 0.1) is 0 Å². The number of thiol groups is 1. The summed E-state index contributed by atoms with van der Waals surface area (Å²) in [6, 6.07) is -3.58. The summed E-state index contributed by atoms with van der Waals surface area (Å²) >= 11 is 3.91. The summed E-state index contributed by atoms with van der Waals surface area (Å²) < 4.78 is 0. The van der Waals surface area contributed by atoms with E-state index in [1.165, 1.54) is 12.5 Å². The minimum Gasteiger partial charge on any atom is -0.480 e. The van der Waals surface area contributed by atoms with Crippen LogP contribution in [-0.2, 0) is 25.6 Å². The van der Waals surface area contributed by atoms with Crippen molar-refractivity contribution in [1.82, 2.24) is 20.6 Å². The van der Waals surface area contributed by atoms with Gasteiger partial charge in [0.25, 0.3) is 0 Å². The molecule has 0 aliphatic carbocycles. The van der Waals surface area contributed by atoms with E-state index in [1.807, 2.05) is 0 Å². The number of nitrogens with zero attached hydrogens (tertiary/aromatic N) is 1. The van der Waals surface area contributed by atoms with Crippen molar-refractivity contribution in [1.29, 1.82) is 0 Å². The van der Waals surface area contributed by atoms with Crippen LogP contribution in [0.5, 0.6) is 0 Å². The number of hydrogen-bond donors (Lipinski definition) is 7. The number of carboxylic acid groups (broad SMARTS) is 1. The first-order valence-corrected chi connectivity index (χ1v) is 7.83. The third-order valence-corrected chi connectivity index (χ3v) is 3.56. The molecule has 138 valence electrons. The van der Waals surface area contributed by atoms with Gasteiger partial charge in [0.05, 0.1) is 18.8 Å². The molecule has 0 saturated heterocycles. The largest absolute Gasteiger partial charge is 0.480 e. The molecule has 0 spiro atoms. The maximum absolute atomic E-state index is 12.4. The van der Waals surface area contributed by atoms with Gasteiger partial charge in [-0.3, -0.25) is 14.4 Å². The Kier molecular flexibility index (Phi) is 7.88. The van der Waals surface area contributed by atoms with Crippen molar-refractivity contribution in [2.75, 3.05) is 5.75 Å². The van der Waals surface area contributed by atoms with Gasteiger partial charge in [0.1, 0.15) is 12.1 Å². The van der Waals surface area contributed by atoms with Gasteiger partial charge in [-0.25, -0.2) is 9.78 Å². The first-order chi connectivity index (χ1) is 11.7. The van der Waals surface area contributed by atoms with E-state index in [9.17, 15) is 19.2 Å². The van der Waals surface area contributed by atoms with E-state index in [1.54, 1.807) is 0 Å². The van der Waals surface area contributed by atoms with Crippen LogP contribution in [0.2, 0.25) is 0 Å². The van der Waals surface area contributed by atoms with E-state index >= 15 is 0 Å². The number of nitrogens with one attached hydrogen (secondary N) is 3. The molecular formula is C13H20N6O5S. The number of aromatic nitrogens is 2. The average molecular weight is 372 g/mol. The van der Waals surface area contributed by atoms with Crippen LogP contribution in [0.15, 0.2) is 12.5 Å². The number of rotatable bonds is 10. The predicted molar refractivity (Wildman–Crippen MR) is 89.4 cm³/mol. The SMILES string of the molecule is NC(=O)C[C@H](NC(=O)[C@H](Cc1cnc[nH]1)NC(=O)[C@@H](N)CS)C(=O)O. The lowest BCUT2D eigenvalue weighted by Crippen LogP contribution is -2.56. The van der Waals surface area contributed by atoms with Crippen molar-refractivity contribution < 1.29 is 24.3 Å². The first kappa shape index (κ1) is 20.4. The van der Waals surface area contributed by atoms with Gasteiger partial charge in [0, 0.05) is 24.1 Å². The Hall–Kier alpha value is -2.60. The van der Waals surface area contributed by atoms with Crippen LogP contribution in [0.3, 0.4) is 0 Å². The minimum atomic E-state index is -1.51. The summed E-state index contributed by atoms with van der Waals surface area (Å²) in [7, 11) is 0. The van der Waals surface area contributed by atoms with Gasteiger partial charge in [0.15, 0.2) is 0 Å². The Balaban J connectivity index is 2.88. The Morgan fingerprint density at radius 3 is 2.36 bits per heavy atom. The number of carbonyl (C=O) groups is 4. The standard InChI is InChI=1S/C13H20N6O5S/c14-7(4-25)11(21)18-8(1-6-3-16-5-17-6)12(22)19-9(13(23)24)2-10(15)20/h3,5,7-9,25H,1-2,4,14H2,(H2,15,20)(H,16,17)(H,18,21)(H,19,22)(H,23,24)/t7-,8-,9-/m0/s1. The fourth-order valence-electron chi connectivity index (χ4n) is 1.86. The number of hydrogen-bond acceptors (Lipinski definition) is 7. The summed E-state index contributed by atoms with van der Waals surface area (Å²) in [6.45, 7) is 0. The molecule has 0 bridgehead atoms. The van der Waals surface area contributed by atoms with Crippen LogP contribution in [0.4, 0.5) is 0 Å². The monoisotopic (exact) mass is 372 g/mol. The highest BCUT2D eigenvalue weighted by atomic mass is 32.1. The van der Waals surface area contributed by atoms with Crippen molar-refractivity contribution in [2.24, 2.45) is 11.5 Å². The van der Waals surface area contributed by atoms with Crippen molar-refractivity contribution >= 4 is 36.3 Å². The second kappa shape index (κ2) is 9.64. The summed E-state index contributed by atoms with van der Waals surface area (Å²) in [5.74, 6) is -3.69. The van der Waals surface area contributed by atoms with Crippen molar-refractivity contribution in [3.8, 4) is 0 Å². The molecule has 0 saturated carbocycles. The minimum absolute atomic E-state index is 0.0137. The Morgan fingerprint density at radius 1 is 1.24 bits per heavy atom. The van der Waals surface area contributed by atoms with Gasteiger partial charge in [0.2, 0.25) is 17.7 Å². The zero-order valence-corrected chi connectivity index (χ0v) is 14.0. The molecule has 11 nitrogen and oxygen atoms in total. The van der Waals surface area contributed by atoms with Crippen molar-refractivity contribution in [3.05, 3.63) is 18.2 Å². The molecule has 3 amide bonds. The number of aromatic amines is 1. The smallest absolute Gasteiger partial charge is 0.326 e. The molecule has 3 atom stereocenters. The summed E-state index contributed by atoms with van der Waals surface area (Å²) in [4.78, 5) is 52.9. The molecular weight excluding hydrogens is 352 g/mol. The molecule has 25 heavy (non-hydrogen) atoms. The number of imidazole rings is 1. The molecule has 8 N–H and O–H groups in total. The predicted octanol–water partition coefficient (Wildman–Crippen LogP) is -2.86. The molecule has 0 aliphatic rings. The zero-order valence-electron chi connectivity index (χ0n) is 13.1. The van der Waals surface area contributed by atoms with Crippen LogP contribution >= 0.6 is 12.6 Å². The maximum Gasteiger partial charge on any atom is 0.326 e. The summed E-state index contributed by atoms with van der Waals surface area (Å²) in [6.07, 6.45) is 2.27. The van der Waals surface area contributed by atoms with Gasteiger partial charge in [-0.1, -0.05) is 0 Å². The lowest BCUT2D eigenvalue weighted by Gasteiger charge is -2.21. The van der Waals surface area contributed by atoms with Crippen LogP contribution < -0.4 is 22.1 Å². The molecule has 12 heteroatoms. The quantitative estimate of drug-likeness (QED) is 0.215. The normalized spacial score (nSPS) is 14.2. The van der Waals surface area contributed by atoms with Crippen LogP contribution in [0.25, 0.3) is 0 Å². The number of nitrogens with two attached hydrogens (primary N) is 2. The van der Waals surface area contributed by atoms with Gasteiger partial charge in [-0.05, 0) is 0 Å². The lowest BCUT2D eigenvalue weighted by molar-refractivity contribution is -0.143. The highest BCUT2D eigenvalue weighted by molar-refractivity contribution is 7.80. The molecule has 1 aromatic heterocycles. The number of H-pyrrole nitrogens is 1. The first-order valence-electron chi connectivity index (χ1n) is 7.20. The second-order valence-corrected chi connectivity index (χ2v) is 5.57. The number of carbonyl (C=O) groups excluding carboxylic acids is 3. The average Bonchev–Trinajstić information content (AvgIpc) is 3.05. The lowest BCUT2D eigenvalue weighted by atomic mass is 10.1. The number of amides is 3. The second-order valence-electron chi connectivity index (χ2n) is 5.20. The number of carboxylic acids is 1. The Labute approximate surface area is 148 Å². The van der Waals surface area contributed by atoms with Gasteiger partial charge in [-0.2, -0.15) is 12.6 Å². The topological polar surface area (TPSA) is 193 Å². The molecule has 1 heterocycles. The highest BCUT2D eigenvalue weighted by Gasteiger charge is 2.29.